The van der Waals surface area contributed by atoms with Crippen LogP contribution in [0.4, 0.5) is 8.78 Å². The number of rotatable bonds is 5. The maximum absolute atomic E-state index is 12.2. The van der Waals surface area contributed by atoms with E-state index in [4.69, 9.17) is 0 Å². The summed E-state index contributed by atoms with van der Waals surface area (Å²) in [7, 11) is 0. The third-order valence-electron chi connectivity index (χ3n) is 3.76. The summed E-state index contributed by atoms with van der Waals surface area (Å²) in [6, 6.07) is 1.06. The lowest BCUT2D eigenvalue weighted by Crippen LogP contribution is -2.46. The van der Waals surface area contributed by atoms with Crippen LogP contribution >= 0.6 is 24.0 Å². The van der Waals surface area contributed by atoms with E-state index in [0.717, 1.165) is 19.1 Å². The number of halogens is 3. The highest BCUT2D eigenvalue weighted by atomic mass is 127. The van der Waals surface area contributed by atoms with Crippen molar-refractivity contribution in [3.63, 3.8) is 0 Å². The van der Waals surface area contributed by atoms with Crippen LogP contribution in [0.25, 0.3) is 0 Å². The van der Waals surface area contributed by atoms with Gasteiger partial charge < -0.3 is 10.6 Å². The molecule has 2 unspecified atom stereocenters. The Balaban J connectivity index is 0.00000200. The lowest BCUT2D eigenvalue weighted by atomic mass is 10.1. The van der Waals surface area contributed by atoms with Crippen molar-refractivity contribution >= 4 is 29.9 Å². The Kier molecular flexibility index (Phi) is 7.42. The molecule has 2 atom stereocenters. The van der Waals surface area contributed by atoms with Crippen molar-refractivity contribution in [1.82, 2.24) is 15.5 Å². The van der Waals surface area contributed by atoms with E-state index in [2.05, 4.69) is 27.4 Å². The van der Waals surface area contributed by atoms with Crippen molar-refractivity contribution in [2.24, 2.45) is 10.9 Å². The van der Waals surface area contributed by atoms with Gasteiger partial charge in [-0.15, -0.1) is 24.0 Å². The average molecular weight is 402 g/mol. The highest BCUT2D eigenvalue weighted by Gasteiger charge is 2.38. The van der Waals surface area contributed by atoms with E-state index in [1.807, 2.05) is 6.92 Å². The zero-order valence-corrected chi connectivity index (χ0v) is 14.4. The van der Waals surface area contributed by atoms with Crippen LogP contribution in [0.1, 0.15) is 26.7 Å². The number of likely N-dealkylation sites (tertiary alicyclic amines) is 1. The first kappa shape index (κ1) is 17.9. The third-order valence-corrected chi connectivity index (χ3v) is 3.76. The zero-order chi connectivity index (χ0) is 13.8. The van der Waals surface area contributed by atoms with Gasteiger partial charge in [0.2, 0.25) is 0 Å². The summed E-state index contributed by atoms with van der Waals surface area (Å²) in [6.07, 6.45) is 0.220. The number of nitrogens with one attached hydrogen (secondary N) is 2. The fourth-order valence-corrected chi connectivity index (χ4v) is 2.59. The van der Waals surface area contributed by atoms with E-state index in [1.54, 1.807) is 0 Å². The maximum atomic E-state index is 12.2. The number of hydrogen-bond acceptors (Lipinski definition) is 2. The number of nitrogens with zero attached hydrogens (tertiary/aromatic N) is 2. The van der Waals surface area contributed by atoms with Crippen LogP contribution in [0.15, 0.2) is 4.99 Å². The Bertz CT molecular complexity index is 323. The second-order valence-electron chi connectivity index (χ2n) is 5.52. The maximum Gasteiger partial charge on any atom is 0.257 e. The van der Waals surface area contributed by atoms with Crippen molar-refractivity contribution in [1.29, 1.82) is 0 Å². The molecular formula is C13H25F2IN4. The smallest absolute Gasteiger partial charge is 0.257 e. The van der Waals surface area contributed by atoms with Crippen molar-refractivity contribution in [2.45, 2.75) is 45.2 Å². The minimum absolute atomic E-state index is 0. The molecule has 0 bridgehead atoms. The van der Waals surface area contributed by atoms with E-state index >= 15 is 0 Å². The minimum atomic E-state index is -2.39. The van der Waals surface area contributed by atoms with E-state index in [0.29, 0.717) is 24.5 Å². The van der Waals surface area contributed by atoms with Gasteiger partial charge in [-0.1, -0.05) is 6.92 Å². The predicted molar refractivity (Wildman–Crippen MR) is 88.1 cm³/mol. The first-order valence-corrected chi connectivity index (χ1v) is 7.17. The molecular weight excluding hydrogens is 377 g/mol. The summed E-state index contributed by atoms with van der Waals surface area (Å²) in [4.78, 5) is 6.42. The molecule has 2 aliphatic rings. The molecule has 7 heteroatoms. The van der Waals surface area contributed by atoms with Crippen LogP contribution in [0.5, 0.6) is 0 Å². The fourth-order valence-electron chi connectivity index (χ4n) is 2.59. The molecule has 1 heterocycles. The van der Waals surface area contributed by atoms with Gasteiger partial charge in [0.1, 0.15) is 6.54 Å². The quantitative estimate of drug-likeness (QED) is 0.419. The van der Waals surface area contributed by atoms with E-state index in [-0.39, 0.29) is 24.0 Å². The molecule has 0 amide bonds. The summed E-state index contributed by atoms with van der Waals surface area (Å²) in [5.41, 5.74) is 0. The van der Waals surface area contributed by atoms with Gasteiger partial charge in [-0.25, -0.2) is 13.8 Å². The monoisotopic (exact) mass is 402 g/mol. The predicted octanol–water partition coefficient (Wildman–Crippen LogP) is 1.91. The van der Waals surface area contributed by atoms with E-state index < -0.39 is 13.0 Å². The summed E-state index contributed by atoms with van der Waals surface area (Å²) in [5, 5.41) is 6.33. The number of alkyl halides is 2. The lowest BCUT2D eigenvalue weighted by molar-refractivity contribution is 0.158. The largest absolute Gasteiger partial charge is 0.357 e. The van der Waals surface area contributed by atoms with Crippen LogP contribution in [0.2, 0.25) is 0 Å². The Morgan fingerprint density at radius 1 is 1.35 bits per heavy atom. The second kappa shape index (κ2) is 8.31. The summed E-state index contributed by atoms with van der Waals surface area (Å²) >= 11 is 0. The molecule has 1 saturated carbocycles. The SMILES string of the molecule is CCNC(=NCC(F)F)NC1CN(C2CC2)CC1C.I. The molecule has 1 saturated heterocycles. The molecule has 0 aromatic carbocycles. The highest BCUT2D eigenvalue weighted by molar-refractivity contribution is 14.0. The van der Waals surface area contributed by atoms with Gasteiger partial charge in [-0.2, -0.15) is 0 Å². The van der Waals surface area contributed by atoms with Crippen molar-refractivity contribution < 1.29 is 8.78 Å². The van der Waals surface area contributed by atoms with Crippen molar-refractivity contribution in [3.05, 3.63) is 0 Å². The van der Waals surface area contributed by atoms with Gasteiger partial charge in [0.25, 0.3) is 6.43 Å². The normalized spacial score (nSPS) is 27.6. The van der Waals surface area contributed by atoms with Gasteiger partial charge in [0.15, 0.2) is 5.96 Å². The van der Waals surface area contributed by atoms with Gasteiger partial charge >= 0.3 is 0 Å². The molecule has 4 nitrogen and oxygen atoms in total. The number of hydrogen-bond donors (Lipinski definition) is 2. The van der Waals surface area contributed by atoms with E-state index in [9.17, 15) is 8.78 Å². The summed E-state index contributed by atoms with van der Waals surface area (Å²) in [6.45, 7) is 6.47. The molecule has 0 aromatic heterocycles. The Labute approximate surface area is 136 Å². The molecule has 1 aliphatic heterocycles. The molecule has 2 fully saturated rings. The van der Waals surface area contributed by atoms with Gasteiger partial charge in [-0.3, -0.25) is 4.90 Å². The lowest BCUT2D eigenvalue weighted by Gasteiger charge is -2.20. The average Bonchev–Trinajstić information content (AvgIpc) is 3.13. The molecule has 118 valence electrons. The van der Waals surface area contributed by atoms with E-state index in [1.165, 1.54) is 12.8 Å². The van der Waals surface area contributed by atoms with Crippen molar-refractivity contribution in [3.8, 4) is 0 Å². The van der Waals surface area contributed by atoms with Gasteiger partial charge in [0.05, 0.1) is 0 Å². The molecule has 0 spiro atoms. The summed E-state index contributed by atoms with van der Waals surface area (Å²) < 4.78 is 24.5. The third kappa shape index (κ3) is 5.31. The first-order valence-electron chi connectivity index (χ1n) is 7.17. The second-order valence-corrected chi connectivity index (χ2v) is 5.52. The molecule has 0 radical (unpaired) electrons. The zero-order valence-electron chi connectivity index (χ0n) is 12.1. The van der Waals surface area contributed by atoms with Crippen LogP contribution in [-0.4, -0.2) is 55.5 Å². The van der Waals surface area contributed by atoms with Gasteiger partial charge in [0, 0.05) is 31.7 Å². The highest BCUT2D eigenvalue weighted by Crippen LogP contribution is 2.31. The van der Waals surface area contributed by atoms with Crippen LogP contribution in [0, 0.1) is 5.92 Å². The van der Waals surface area contributed by atoms with Crippen LogP contribution in [0.3, 0.4) is 0 Å². The first-order chi connectivity index (χ1) is 9.10. The standard InChI is InChI=1S/C13H24F2N4.HI/c1-3-16-13(17-6-12(14)15)18-11-8-19(7-9(11)2)10-4-5-10;/h9-12H,3-8H2,1-2H3,(H2,16,17,18);1H. The fraction of sp³-hybridized carbons (Fsp3) is 0.923. The van der Waals surface area contributed by atoms with Crippen molar-refractivity contribution in [2.75, 3.05) is 26.2 Å². The van der Waals surface area contributed by atoms with Gasteiger partial charge in [-0.05, 0) is 25.7 Å². The topological polar surface area (TPSA) is 39.7 Å². The summed E-state index contributed by atoms with van der Waals surface area (Å²) in [5.74, 6) is 1.04. The number of guanidine groups is 1. The molecule has 20 heavy (non-hydrogen) atoms. The Morgan fingerprint density at radius 2 is 2.05 bits per heavy atom. The van der Waals surface area contributed by atoms with Crippen LogP contribution in [-0.2, 0) is 0 Å². The molecule has 1 aliphatic carbocycles. The van der Waals surface area contributed by atoms with Crippen LogP contribution < -0.4 is 10.6 Å². The Morgan fingerprint density at radius 3 is 2.60 bits per heavy atom. The number of aliphatic imine (C=N–C) groups is 1. The Hall–Kier alpha value is -0.180. The minimum Gasteiger partial charge on any atom is -0.357 e. The molecule has 2 rings (SSSR count). The molecule has 0 aromatic rings. The molecule has 2 N–H and O–H groups in total.